The van der Waals surface area contributed by atoms with E-state index in [4.69, 9.17) is 0 Å². The Labute approximate surface area is 98.7 Å². The monoisotopic (exact) mass is 212 g/mol. The Morgan fingerprint density at radius 2 is 1.75 bits per heavy atom. The molecule has 0 atom stereocenters. The number of hydrogen-bond acceptors (Lipinski definition) is 0. The van der Waals surface area contributed by atoms with Gasteiger partial charge in [-0.2, -0.15) is 0 Å². The summed E-state index contributed by atoms with van der Waals surface area (Å²) in [5, 5.41) is 0. The molecule has 0 saturated heterocycles. The molecular weight excluding hydrogens is 192 g/mol. The minimum absolute atomic E-state index is 0.768. The average molecular weight is 212 g/mol. The van der Waals surface area contributed by atoms with Crippen LogP contribution in [0.1, 0.15) is 30.9 Å². The first-order valence-corrected chi connectivity index (χ1v) is 6.03. The fourth-order valence-electron chi connectivity index (χ4n) is 2.70. The summed E-state index contributed by atoms with van der Waals surface area (Å²) in [4.78, 5) is 0. The average Bonchev–Trinajstić information content (AvgIpc) is 2.57. The lowest BCUT2D eigenvalue weighted by Crippen LogP contribution is -2.01. The van der Waals surface area contributed by atoms with E-state index in [1.54, 1.807) is 0 Å². The van der Waals surface area contributed by atoms with Gasteiger partial charge in [-0.15, -0.1) is 0 Å². The van der Waals surface area contributed by atoms with Crippen molar-refractivity contribution in [3.8, 4) is 0 Å². The van der Waals surface area contributed by atoms with Crippen LogP contribution >= 0.6 is 0 Å². The van der Waals surface area contributed by atoms with E-state index in [-0.39, 0.29) is 0 Å². The van der Waals surface area contributed by atoms with E-state index in [0.717, 1.165) is 18.8 Å². The van der Waals surface area contributed by atoms with Crippen LogP contribution in [0.4, 0.5) is 0 Å². The van der Waals surface area contributed by atoms with Gasteiger partial charge in [-0.05, 0) is 49.7 Å². The highest BCUT2D eigenvalue weighted by Gasteiger charge is 2.21. The fourth-order valence-corrected chi connectivity index (χ4v) is 2.70. The lowest BCUT2D eigenvalue weighted by molar-refractivity contribution is 0.551. The predicted octanol–water partition coefficient (Wildman–Crippen LogP) is 4.31. The number of rotatable bonds is 4. The Hall–Kier alpha value is -1.30. The van der Waals surface area contributed by atoms with Crippen molar-refractivity contribution in [1.82, 2.24) is 0 Å². The molecule has 0 radical (unpaired) electrons. The van der Waals surface area contributed by atoms with Crippen LogP contribution in [0.15, 0.2) is 48.6 Å². The molecule has 2 rings (SSSR count). The lowest BCUT2D eigenvalue weighted by Gasteiger charge is -2.11. The van der Waals surface area contributed by atoms with Crippen molar-refractivity contribution in [1.29, 1.82) is 0 Å². The van der Waals surface area contributed by atoms with E-state index >= 15 is 0 Å². The first-order valence-electron chi connectivity index (χ1n) is 6.03. The molecule has 0 saturated carbocycles. The summed E-state index contributed by atoms with van der Waals surface area (Å²) in [6.07, 6.45) is 4.60. The first-order chi connectivity index (χ1) is 7.65. The van der Waals surface area contributed by atoms with Gasteiger partial charge in [-0.3, -0.25) is 0 Å². The normalized spacial score (nSPS) is 14.8. The Balaban J connectivity index is 1.92. The van der Waals surface area contributed by atoms with Gasteiger partial charge in [0.1, 0.15) is 0 Å². The van der Waals surface area contributed by atoms with Gasteiger partial charge in [0.25, 0.3) is 0 Å². The van der Waals surface area contributed by atoms with Crippen LogP contribution in [-0.2, 0) is 12.8 Å². The minimum Gasteiger partial charge on any atom is -0.0998 e. The highest BCUT2D eigenvalue weighted by Crippen LogP contribution is 2.31. The summed E-state index contributed by atoms with van der Waals surface area (Å²) in [5.41, 5.74) is 5.64. The third kappa shape index (κ3) is 2.63. The van der Waals surface area contributed by atoms with Gasteiger partial charge in [0.2, 0.25) is 0 Å². The first kappa shape index (κ1) is 11.2. The second-order valence-corrected chi connectivity index (χ2v) is 5.13. The molecule has 0 amide bonds. The highest BCUT2D eigenvalue weighted by atomic mass is 14.3. The standard InChI is InChI=1S/C16H20/c1-12(2)8-13(3)9-14-10-15-6-4-5-7-16(15)11-14/h4-7,14H,1,3,8-11H2,2H3. The smallest absolute Gasteiger partial charge is 0.0117 e. The molecule has 1 aliphatic carbocycles. The molecule has 0 heterocycles. The number of fused-ring (bicyclic) bond motifs is 1. The summed E-state index contributed by atoms with van der Waals surface area (Å²) in [5.74, 6) is 0.768. The van der Waals surface area contributed by atoms with Crippen LogP contribution < -0.4 is 0 Å². The van der Waals surface area contributed by atoms with E-state index in [2.05, 4.69) is 44.3 Å². The van der Waals surface area contributed by atoms with Crippen molar-refractivity contribution in [3.05, 3.63) is 59.7 Å². The number of benzene rings is 1. The van der Waals surface area contributed by atoms with Crippen LogP contribution in [0.3, 0.4) is 0 Å². The molecule has 1 aromatic carbocycles. The second kappa shape index (κ2) is 4.69. The van der Waals surface area contributed by atoms with E-state index in [0.29, 0.717) is 0 Å². The van der Waals surface area contributed by atoms with Crippen LogP contribution in [0.5, 0.6) is 0 Å². The maximum atomic E-state index is 4.16. The Morgan fingerprint density at radius 1 is 1.19 bits per heavy atom. The summed E-state index contributed by atoms with van der Waals surface area (Å²) in [7, 11) is 0. The molecule has 0 heteroatoms. The molecule has 1 aliphatic rings. The number of allylic oxidation sites excluding steroid dienone is 2. The van der Waals surface area contributed by atoms with Gasteiger partial charge in [-0.25, -0.2) is 0 Å². The van der Waals surface area contributed by atoms with Crippen molar-refractivity contribution in [2.45, 2.75) is 32.6 Å². The molecule has 0 N–H and O–H groups in total. The summed E-state index contributed by atoms with van der Waals surface area (Å²) >= 11 is 0. The fraction of sp³-hybridized carbons (Fsp3) is 0.375. The Bertz CT molecular complexity index is 387. The van der Waals surface area contributed by atoms with Crippen molar-refractivity contribution in [2.75, 3.05) is 0 Å². The van der Waals surface area contributed by atoms with E-state index in [9.17, 15) is 0 Å². The van der Waals surface area contributed by atoms with Gasteiger partial charge >= 0.3 is 0 Å². The maximum absolute atomic E-state index is 4.16. The summed E-state index contributed by atoms with van der Waals surface area (Å²) < 4.78 is 0. The zero-order valence-electron chi connectivity index (χ0n) is 10.1. The van der Waals surface area contributed by atoms with Gasteiger partial charge in [0, 0.05) is 0 Å². The summed E-state index contributed by atoms with van der Waals surface area (Å²) in [6.45, 7) is 10.2. The number of hydrogen-bond donors (Lipinski definition) is 0. The van der Waals surface area contributed by atoms with Crippen molar-refractivity contribution < 1.29 is 0 Å². The zero-order valence-corrected chi connectivity index (χ0v) is 10.1. The molecule has 0 aromatic heterocycles. The molecule has 0 aliphatic heterocycles. The quantitative estimate of drug-likeness (QED) is 0.652. The molecular formula is C16H20. The molecule has 16 heavy (non-hydrogen) atoms. The second-order valence-electron chi connectivity index (χ2n) is 5.13. The minimum atomic E-state index is 0.768. The largest absolute Gasteiger partial charge is 0.0998 e. The lowest BCUT2D eigenvalue weighted by atomic mass is 9.94. The Kier molecular flexibility index (Phi) is 3.28. The van der Waals surface area contributed by atoms with E-state index in [1.807, 2.05) is 0 Å². The summed E-state index contributed by atoms with van der Waals surface area (Å²) in [6, 6.07) is 8.81. The van der Waals surface area contributed by atoms with Crippen molar-refractivity contribution >= 4 is 0 Å². The van der Waals surface area contributed by atoms with Crippen molar-refractivity contribution in [2.24, 2.45) is 5.92 Å². The van der Waals surface area contributed by atoms with Crippen LogP contribution in [-0.4, -0.2) is 0 Å². The van der Waals surface area contributed by atoms with Gasteiger partial charge < -0.3 is 0 Å². The SMILES string of the molecule is C=C(C)CC(=C)CC1Cc2ccccc2C1. The van der Waals surface area contributed by atoms with E-state index in [1.165, 1.54) is 35.1 Å². The molecule has 1 aromatic rings. The molecule has 84 valence electrons. The topological polar surface area (TPSA) is 0 Å². The van der Waals surface area contributed by atoms with Crippen molar-refractivity contribution in [3.63, 3.8) is 0 Å². The van der Waals surface area contributed by atoms with E-state index < -0.39 is 0 Å². The highest BCUT2D eigenvalue weighted by molar-refractivity contribution is 5.32. The third-order valence-corrected chi connectivity index (χ3v) is 3.26. The zero-order chi connectivity index (χ0) is 11.5. The van der Waals surface area contributed by atoms with Crippen LogP contribution in [0.25, 0.3) is 0 Å². The van der Waals surface area contributed by atoms with Gasteiger partial charge in [0.05, 0.1) is 0 Å². The van der Waals surface area contributed by atoms with Gasteiger partial charge in [0.15, 0.2) is 0 Å². The third-order valence-electron chi connectivity index (χ3n) is 3.26. The predicted molar refractivity (Wildman–Crippen MR) is 70.5 cm³/mol. The molecule has 0 unspecified atom stereocenters. The van der Waals surface area contributed by atoms with Crippen LogP contribution in [0.2, 0.25) is 0 Å². The Morgan fingerprint density at radius 3 is 2.25 bits per heavy atom. The van der Waals surface area contributed by atoms with Gasteiger partial charge in [-0.1, -0.05) is 48.6 Å². The molecule has 0 spiro atoms. The maximum Gasteiger partial charge on any atom is -0.0117 e. The molecule has 0 nitrogen and oxygen atoms in total. The molecule has 0 fully saturated rings. The molecule has 0 bridgehead atoms. The van der Waals surface area contributed by atoms with Crippen LogP contribution in [0, 0.1) is 5.92 Å².